The third-order valence-electron chi connectivity index (χ3n) is 4.92. The van der Waals surface area contributed by atoms with Gasteiger partial charge in [-0.25, -0.2) is 0 Å². The fourth-order valence-corrected chi connectivity index (χ4v) is 3.66. The van der Waals surface area contributed by atoms with E-state index in [1.54, 1.807) is 18.2 Å². The minimum absolute atomic E-state index is 0.110. The van der Waals surface area contributed by atoms with Crippen LogP contribution in [0.3, 0.4) is 0 Å². The smallest absolute Gasteiger partial charge is 0.182 e. The van der Waals surface area contributed by atoms with Gasteiger partial charge in [-0.15, -0.1) is 0 Å². The van der Waals surface area contributed by atoms with Crippen molar-refractivity contribution in [3.8, 4) is 28.2 Å². The summed E-state index contributed by atoms with van der Waals surface area (Å²) in [6.45, 7) is 2.99. The number of hydrogen-bond donors (Lipinski definition) is 3. The molecular weight excluding hydrogens is 396 g/mol. The lowest BCUT2D eigenvalue weighted by Gasteiger charge is -2.16. The Hall–Kier alpha value is -3.38. The molecule has 2 aromatic rings. The Bertz CT molecular complexity index is 1230. The molecule has 4 rings (SSSR count). The predicted octanol–water partition coefficient (Wildman–Crippen LogP) is 5.36. The monoisotopic (exact) mass is 418 g/mol. The summed E-state index contributed by atoms with van der Waals surface area (Å²) in [5.41, 5.74) is 4.04. The Kier molecular flexibility index (Phi) is 5.68. The lowest BCUT2D eigenvalue weighted by Crippen LogP contribution is -2.29. The second-order valence-corrected chi connectivity index (χ2v) is 7.54. The summed E-state index contributed by atoms with van der Waals surface area (Å²) in [4.78, 5) is 11.8. The first-order valence-electron chi connectivity index (χ1n) is 9.90. The number of aromatic hydroxyl groups is 1. The van der Waals surface area contributed by atoms with Crippen molar-refractivity contribution >= 4 is 34.0 Å². The largest absolute Gasteiger partial charge is 0.508 e. The fraction of sp³-hybridized carbons (Fsp3) is 0.167. The first kappa shape index (κ1) is 19.9. The van der Waals surface area contributed by atoms with Crippen LogP contribution in [0.15, 0.2) is 69.9 Å². The Labute approximate surface area is 179 Å². The molecule has 0 aromatic heterocycles. The Morgan fingerprint density at radius 3 is 2.63 bits per heavy atom. The van der Waals surface area contributed by atoms with E-state index in [-0.39, 0.29) is 11.2 Å². The van der Waals surface area contributed by atoms with E-state index in [1.807, 2.05) is 30.3 Å². The summed E-state index contributed by atoms with van der Waals surface area (Å²) in [5, 5.41) is 17.7. The zero-order valence-electron chi connectivity index (χ0n) is 16.6. The van der Waals surface area contributed by atoms with Crippen LogP contribution in [0.25, 0.3) is 33.4 Å². The number of rotatable bonds is 5. The van der Waals surface area contributed by atoms with Gasteiger partial charge in [-0.1, -0.05) is 25.5 Å². The molecule has 2 aromatic carbocycles. The summed E-state index contributed by atoms with van der Waals surface area (Å²) < 4.78 is 5.90. The number of phenolic OH excluding ortho intramolecular Hbond substituents is 1. The van der Waals surface area contributed by atoms with Crippen LogP contribution < -0.4 is 16.1 Å². The molecule has 0 spiro atoms. The van der Waals surface area contributed by atoms with Gasteiger partial charge in [0.2, 0.25) is 0 Å². The molecule has 0 amide bonds. The van der Waals surface area contributed by atoms with Gasteiger partial charge in [-0.2, -0.15) is 0 Å². The van der Waals surface area contributed by atoms with Crippen molar-refractivity contribution in [1.82, 2.24) is 5.32 Å². The third-order valence-corrected chi connectivity index (χ3v) is 5.17. The van der Waals surface area contributed by atoms with E-state index >= 15 is 0 Å². The molecule has 0 bridgehead atoms. The van der Waals surface area contributed by atoms with Gasteiger partial charge in [0.1, 0.15) is 17.1 Å². The SMILES string of the molecule is CCCCNC(=S)Nc1ccc(-c2c3ccc(=O)cc-3oc3cc(O)ccc23)cc1. The van der Waals surface area contributed by atoms with Crippen molar-refractivity contribution in [2.45, 2.75) is 19.8 Å². The van der Waals surface area contributed by atoms with Crippen molar-refractivity contribution in [1.29, 1.82) is 0 Å². The average molecular weight is 419 g/mol. The molecule has 5 nitrogen and oxygen atoms in total. The Morgan fingerprint density at radius 2 is 1.87 bits per heavy atom. The number of nitrogens with one attached hydrogen (secondary N) is 2. The number of benzene rings is 3. The summed E-state index contributed by atoms with van der Waals surface area (Å²) in [6, 6.07) is 17.7. The van der Waals surface area contributed by atoms with Crippen LogP contribution in [-0.4, -0.2) is 16.8 Å². The van der Waals surface area contributed by atoms with Gasteiger partial charge >= 0.3 is 0 Å². The standard InChI is InChI=1S/C24H22N2O3S/c1-2-3-12-25-24(30)26-16-6-4-15(5-7-16)23-19-10-8-17(27)13-21(19)29-22-14-18(28)9-11-20(22)23/h4-11,13-14,27H,2-3,12H2,1H3,(H2,25,26,30). The third kappa shape index (κ3) is 4.14. The Balaban J connectivity index is 1.73. The molecule has 1 aliphatic heterocycles. The van der Waals surface area contributed by atoms with Crippen LogP contribution in [0.2, 0.25) is 0 Å². The van der Waals surface area contributed by atoms with E-state index < -0.39 is 0 Å². The van der Waals surface area contributed by atoms with Gasteiger partial charge < -0.3 is 20.2 Å². The zero-order valence-corrected chi connectivity index (χ0v) is 17.4. The maximum Gasteiger partial charge on any atom is 0.182 e. The topological polar surface area (TPSA) is 74.5 Å². The van der Waals surface area contributed by atoms with Gasteiger partial charge in [0.15, 0.2) is 10.5 Å². The minimum Gasteiger partial charge on any atom is -0.508 e. The number of fused-ring (bicyclic) bond motifs is 2. The number of phenols is 1. The maximum atomic E-state index is 11.8. The second kappa shape index (κ2) is 8.55. The molecule has 0 fully saturated rings. The quantitative estimate of drug-likeness (QED) is 0.230. The molecule has 0 radical (unpaired) electrons. The lowest BCUT2D eigenvalue weighted by molar-refractivity contribution is 0.474. The highest BCUT2D eigenvalue weighted by molar-refractivity contribution is 7.80. The van der Waals surface area contributed by atoms with Crippen LogP contribution in [0, 0.1) is 0 Å². The van der Waals surface area contributed by atoms with E-state index in [4.69, 9.17) is 16.6 Å². The first-order valence-corrected chi connectivity index (χ1v) is 10.3. The number of unbranched alkanes of at least 4 members (excludes halogenated alkanes) is 1. The molecule has 1 heterocycles. The van der Waals surface area contributed by atoms with Crippen LogP contribution in [-0.2, 0) is 0 Å². The fourth-order valence-electron chi connectivity index (χ4n) is 3.44. The molecule has 0 atom stereocenters. The van der Waals surface area contributed by atoms with Crippen molar-refractivity contribution in [2.75, 3.05) is 11.9 Å². The van der Waals surface area contributed by atoms with E-state index in [2.05, 4.69) is 17.6 Å². The zero-order chi connectivity index (χ0) is 21.1. The highest BCUT2D eigenvalue weighted by Gasteiger charge is 2.17. The number of thiocarbonyl (C=S) groups is 1. The van der Waals surface area contributed by atoms with E-state index in [0.717, 1.165) is 47.2 Å². The van der Waals surface area contributed by atoms with Crippen molar-refractivity contribution in [2.24, 2.45) is 0 Å². The molecule has 0 unspecified atom stereocenters. The molecule has 152 valence electrons. The molecule has 2 aliphatic rings. The first-order chi connectivity index (χ1) is 14.5. The molecule has 30 heavy (non-hydrogen) atoms. The normalized spacial score (nSPS) is 11.0. The predicted molar refractivity (Wildman–Crippen MR) is 125 cm³/mol. The Morgan fingerprint density at radius 1 is 1.07 bits per heavy atom. The van der Waals surface area contributed by atoms with E-state index in [9.17, 15) is 9.90 Å². The molecular formula is C24H22N2O3S. The summed E-state index contributed by atoms with van der Waals surface area (Å²) in [6.07, 6.45) is 2.18. The number of anilines is 1. The summed E-state index contributed by atoms with van der Waals surface area (Å²) >= 11 is 5.34. The van der Waals surface area contributed by atoms with Crippen LogP contribution >= 0.6 is 12.2 Å². The molecule has 6 heteroatoms. The van der Waals surface area contributed by atoms with E-state index in [0.29, 0.717) is 16.5 Å². The van der Waals surface area contributed by atoms with Gasteiger partial charge in [-0.3, -0.25) is 4.79 Å². The summed E-state index contributed by atoms with van der Waals surface area (Å²) in [7, 11) is 0. The van der Waals surface area contributed by atoms with Crippen molar-refractivity contribution in [3.05, 3.63) is 70.9 Å². The highest BCUT2D eigenvalue weighted by atomic mass is 32.1. The molecule has 0 saturated carbocycles. The minimum atomic E-state index is -0.125. The lowest BCUT2D eigenvalue weighted by atomic mass is 9.93. The molecule has 1 aliphatic carbocycles. The average Bonchev–Trinajstić information content (AvgIpc) is 2.72. The van der Waals surface area contributed by atoms with Gasteiger partial charge in [0, 0.05) is 40.9 Å². The summed E-state index contributed by atoms with van der Waals surface area (Å²) in [5.74, 6) is 0.595. The van der Waals surface area contributed by atoms with Crippen LogP contribution in [0.4, 0.5) is 5.69 Å². The van der Waals surface area contributed by atoms with Gasteiger partial charge in [0.25, 0.3) is 0 Å². The second-order valence-electron chi connectivity index (χ2n) is 7.13. The van der Waals surface area contributed by atoms with E-state index in [1.165, 1.54) is 12.1 Å². The van der Waals surface area contributed by atoms with Crippen LogP contribution in [0.5, 0.6) is 5.75 Å². The molecule has 0 saturated heterocycles. The highest BCUT2D eigenvalue weighted by Crippen LogP contribution is 2.40. The van der Waals surface area contributed by atoms with Gasteiger partial charge in [0.05, 0.1) is 0 Å². The van der Waals surface area contributed by atoms with Crippen molar-refractivity contribution in [3.63, 3.8) is 0 Å². The van der Waals surface area contributed by atoms with Gasteiger partial charge in [-0.05, 0) is 60.6 Å². The maximum absolute atomic E-state index is 11.8. The molecule has 3 N–H and O–H groups in total. The van der Waals surface area contributed by atoms with Crippen molar-refractivity contribution < 1.29 is 9.52 Å². The number of hydrogen-bond acceptors (Lipinski definition) is 4. The van der Waals surface area contributed by atoms with Crippen LogP contribution in [0.1, 0.15) is 19.8 Å².